The Bertz CT molecular complexity index is 889. The third-order valence-corrected chi connectivity index (χ3v) is 4.63. The molecule has 1 aliphatic heterocycles. The van der Waals surface area contributed by atoms with E-state index in [1.54, 1.807) is 13.8 Å². The van der Waals surface area contributed by atoms with Gasteiger partial charge in [0.1, 0.15) is 5.69 Å². The van der Waals surface area contributed by atoms with Crippen molar-refractivity contribution in [3.05, 3.63) is 36.0 Å². The number of amides is 1. The predicted molar refractivity (Wildman–Crippen MR) is 101 cm³/mol. The molecule has 0 fully saturated rings. The van der Waals surface area contributed by atoms with Crippen LogP contribution in [0.2, 0.25) is 0 Å². The van der Waals surface area contributed by atoms with Gasteiger partial charge in [0.15, 0.2) is 6.04 Å². The van der Waals surface area contributed by atoms with Crippen molar-refractivity contribution in [3.8, 4) is 0 Å². The van der Waals surface area contributed by atoms with Gasteiger partial charge in [-0.05, 0) is 26.0 Å². The number of carbonyl (C=O) groups is 2. The summed E-state index contributed by atoms with van der Waals surface area (Å²) in [5, 5.41) is 6.87. The SMILES string of the molecule is CCOC(=O)C(C)N1N=C(C(C)(C)C)Cn2c(cc3ccccc32)C1=O. The topological polar surface area (TPSA) is 63.9 Å². The summed E-state index contributed by atoms with van der Waals surface area (Å²) in [5.74, 6) is -0.747. The number of ether oxygens (including phenoxy) is 1. The minimum atomic E-state index is -0.788. The second kappa shape index (κ2) is 6.59. The Morgan fingerprint density at radius 2 is 2.00 bits per heavy atom. The van der Waals surface area contributed by atoms with E-state index in [-0.39, 0.29) is 17.9 Å². The number of rotatable bonds is 3. The largest absolute Gasteiger partial charge is 0.464 e. The monoisotopic (exact) mass is 355 g/mol. The van der Waals surface area contributed by atoms with E-state index in [1.807, 2.05) is 34.9 Å². The first-order valence-electron chi connectivity index (χ1n) is 8.90. The molecule has 1 aromatic heterocycles. The molecule has 3 rings (SSSR count). The quantitative estimate of drug-likeness (QED) is 0.792. The van der Waals surface area contributed by atoms with Crippen LogP contribution in [0.4, 0.5) is 0 Å². The van der Waals surface area contributed by atoms with E-state index in [0.717, 1.165) is 16.6 Å². The van der Waals surface area contributed by atoms with Crippen molar-refractivity contribution in [2.75, 3.05) is 6.61 Å². The van der Waals surface area contributed by atoms with Gasteiger partial charge in [0.25, 0.3) is 5.91 Å². The van der Waals surface area contributed by atoms with E-state index in [2.05, 4.69) is 25.9 Å². The van der Waals surface area contributed by atoms with E-state index in [9.17, 15) is 9.59 Å². The molecule has 0 spiro atoms. The smallest absolute Gasteiger partial charge is 0.330 e. The molecule has 6 heteroatoms. The number of hydrogen-bond acceptors (Lipinski definition) is 4. The number of nitrogens with zero attached hydrogens (tertiary/aromatic N) is 3. The van der Waals surface area contributed by atoms with Crippen molar-refractivity contribution >= 4 is 28.5 Å². The van der Waals surface area contributed by atoms with Gasteiger partial charge in [-0.25, -0.2) is 9.80 Å². The second-order valence-corrected chi connectivity index (χ2v) is 7.55. The standard InChI is InChI=1S/C20H25N3O3/c1-6-26-19(25)13(2)23-18(24)16-11-14-9-7-8-10-15(14)22(16)12-17(21-23)20(3,4)5/h7-11,13H,6,12H2,1-5H3. The number of para-hydroxylation sites is 1. The average molecular weight is 355 g/mol. The van der Waals surface area contributed by atoms with Crippen molar-refractivity contribution < 1.29 is 14.3 Å². The molecule has 0 radical (unpaired) electrons. The van der Waals surface area contributed by atoms with Crippen LogP contribution in [0.25, 0.3) is 10.9 Å². The van der Waals surface area contributed by atoms with Gasteiger partial charge in [-0.1, -0.05) is 39.0 Å². The number of esters is 1. The first-order chi connectivity index (χ1) is 12.2. The normalized spacial score (nSPS) is 16.1. The maximum Gasteiger partial charge on any atom is 0.330 e. The number of hydrazone groups is 1. The third kappa shape index (κ3) is 3.11. The van der Waals surface area contributed by atoms with Gasteiger partial charge in [-0.15, -0.1) is 0 Å². The van der Waals surface area contributed by atoms with E-state index < -0.39 is 12.0 Å². The Morgan fingerprint density at radius 1 is 1.31 bits per heavy atom. The Hall–Kier alpha value is -2.63. The molecule has 6 nitrogen and oxygen atoms in total. The second-order valence-electron chi connectivity index (χ2n) is 7.55. The minimum absolute atomic E-state index is 0.250. The maximum atomic E-state index is 13.2. The first kappa shape index (κ1) is 18.2. The Balaban J connectivity index is 2.16. The highest BCUT2D eigenvalue weighted by atomic mass is 16.5. The fraction of sp³-hybridized carbons (Fsp3) is 0.450. The zero-order valence-electron chi connectivity index (χ0n) is 15.9. The summed E-state index contributed by atoms with van der Waals surface area (Å²) in [5.41, 5.74) is 2.10. The van der Waals surface area contributed by atoms with Crippen molar-refractivity contribution in [3.63, 3.8) is 0 Å². The lowest BCUT2D eigenvalue weighted by molar-refractivity contribution is -0.147. The van der Waals surface area contributed by atoms with Gasteiger partial charge in [-0.3, -0.25) is 4.79 Å². The predicted octanol–water partition coefficient (Wildman–Crippen LogP) is 3.45. The van der Waals surface area contributed by atoms with Crippen molar-refractivity contribution in [2.45, 2.75) is 47.2 Å². The van der Waals surface area contributed by atoms with Crippen LogP contribution in [0.15, 0.2) is 35.4 Å². The summed E-state index contributed by atoms with van der Waals surface area (Å²) in [6.45, 7) is 10.3. The van der Waals surface area contributed by atoms with Gasteiger partial charge in [0.2, 0.25) is 0 Å². The summed E-state index contributed by atoms with van der Waals surface area (Å²) >= 11 is 0. The summed E-state index contributed by atoms with van der Waals surface area (Å²) in [4.78, 5) is 25.5. The van der Waals surface area contributed by atoms with Crippen molar-refractivity contribution in [1.29, 1.82) is 0 Å². The molecule has 1 unspecified atom stereocenters. The van der Waals surface area contributed by atoms with Crippen molar-refractivity contribution in [2.24, 2.45) is 10.5 Å². The van der Waals surface area contributed by atoms with Gasteiger partial charge in [0, 0.05) is 16.3 Å². The van der Waals surface area contributed by atoms with Gasteiger partial charge >= 0.3 is 5.97 Å². The Morgan fingerprint density at radius 3 is 2.65 bits per heavy atom. The molecule has 138 valence electrons. The highest BCUT2D eigenvalue weighted by Crippen LogP contribution is 2.28. The minimum Gasteiger partial charge on any atom is -0.464 e. The highest BCUT2D eigenvalue weighted by molar-refractivity contribution is 6.04. The van der Waals surface area contributed by atoms with Crippen molar-refractivity contribution in [1.82, 2.24) is 9.58 Å². The lowest BCUT2D eigenvalue weighted by Gasteiger charge is -2.25. The van der Waals surface area contributed by atoms with Crippen LogP contribution >= 0.6 is 0 Å². The van der Waals surface area contributed by atoms with Gasteiger partial charge < -0.3 is 9.30 Å². The van der Waals surface area contributed by atoms with E-state index in [1.165, 1.54) is 5.01 Å². The molecule has 2 heterocycles. The fourth-order valence-electron chi connectivity index (χ4n) is 3.04. The molecule has 0 N–H and O–H groups in total. The molecule has 1 aromatic carbocycles. The van der Waals surface area contributed by atoms with Crippen LogP contribution in [-0.4, -0.2) is 39.8 Å². The zero-order valence-corrected chi connectivity index (χ0v) is 15.9. The van der Waals surface area contributed by atoms with E-state index >= 15 is 0 Å². The first-order valence-corrected chi connectivity index (χ1v) is 8.90. The fourth-order valence-corrected chi connectivity index (χ4v) is 3.04. The number of carbonyl (C=O) groups excluding carboxylic acids is 2. The number of aromatic nitrogens is 1. The summed E-state index contributed by atoms with van der Waals surface area (Å²) in [7, 11) is 0. The average Bonchev–Trinajstić information content (AvgIpc) is 2.88. The molecule has 0 aliphatic carbocycles. The summed E-state index contributed by atoms with van der Waals surface area (Å²) < 4.78 is 7.09. The lowest BCUT2D eigenvalue weighted by Crippen LogP contribution is -2.41. The summed E-state index contributed by atoms with van der Waals surface area (Å²) in [6.07, 6.45) is 0. The highest BCUT2D eigenvalue weighted by Gasteiger charge is 2.35. The number of hydrogen-bond donors (Lipinski definition) is 0. The van der Waals surface area contributed by atoms with Crippen LogP contribution in [0.5, 0.6) is 0 Å². The van der Waals surface area contributed by atoms with Crippen LogP contribution in [0.3, 0.4) is 0 Å². The number of fused-ring (bicyclic) bond motifs is 3. The molecule has 0 saturated heterocycles. The van der Waals surface area contributed by atoms with Gasteiger partial charge in [0.05, 0.1) is 18.9 Å². The third-order valence-electron chi connectivity index (χ3n) is 4.63. The molecule has 1 aliphatic rings. The molecule has 0 saturated carbocycles. The lowest BCUT2D eigenvalue weighted by atomic mass is 9.90. The number of benzene rings is 1. The molecular formula is C20H25N3O3. The van der Waals surface area contributed by atoms with Gasteiger partial charge in [-0.2, -0.15) is 5.10 Å². The zero-order chi connectivity index (χ0) is 19.1. The molecule has 0 bridgehead atoms. The molecule has 26 heavy (non-hydrogen) atoms. The van der Waals surface area contributed by atoms with E-state index in [4.69, 9.17) is 4.74 Å². The van der Waals surface area contributed by atoms with Crippen LogP contribution in [0, 0.1) is 5.41 Å². The van der Waals surface area contributed by atoms with Crippen LogP contribution in [-0.2, 0) is 16.1 Å². The maximum absolute atomic E-state index is 13.2. The van der Waals surface area contributed by atoms with Crippen LogP contribution in [0.1, 0.15) is 45.1 Å². The Labute approximate surface area is 153 Å². The molecular weight excluding hydrogens is 330 g/mol. The summed E-state index contributed by atoms with van der Waals surface area (Å²) in [6, 6.07) is 8.96. The Kier molecular flexibility index (Phi) is 4.61. The molecule has 1 atom stereocenters. The van der Waals surface area contributed by atoms with E-state index in [0.29, 0.717) is 12.2 Å². The van der Waals surface area contributed by atoms with Crippen LogP contribution < -0.4 is 0 Å². The molecule has 2 aromatic rings. The molecule has 1 amide bonds.